The van der Waals surface area contributed by atoms with Gasteiger partial charge in [-0.25, -0.2) is 0 Å². The normalized spacial score (nSPS) is 31.5. The lowest BCUT2D eigenvalue weighted by molar-refractivity contribution is -0.129. The van der Waals surface area contributed by atoms with Gasteiger partial charge in [0.25, 0.3) is 0 Å². The zero-order chi connectivity index (χ0) is 22.1. The standard InChI is InChI=1S/C25H34N4O2S/c1-16-8-5-6-12-19(16)20-15-32-22-21(20)27-25(28-24(22)31)29-13-7-9-17(14-29)23(30)26-18-10-3-2-4-11-18/h5-6,8,12,15,17-18,21-22,25,27H,2-4,7,9-11,13-14H2,1H3,(H,26,30)(H,28,31). The maximum absolute atomic E-state index is 13.0. The van der Waals surface area contributed by atoms with Crippen LogP contribution >= 0.6 is 11.8 Å². The minimum absolute atomic E-state index is 0.00793. The van der Waals surface area contributed by atoms with E-state index in [2.05, 4.69) is 57.4 Å². The van der Waals surface area contributed by atoms with Crippen LogP contribution in [-0.2, 0) is 9.59 Å². The minimum Gasteiger partial charge on any atom is -0.353 e. The van der Waals surface area contributed by atoms with Crippen molar-refractivity contribution >= 4 is 29.1 Å². The Bertz CT molecular complexity index is 898. The molecular weight excluding hydrogens is 420 g/mol. The lowest BCUT2D eigenvalue weighted by Crippen LogP contribution is -2.69. The van der Waals surface area contributed by atoms with Gasteiger partial charge in [0.2, 0.25) is 11.8 Å². The summed E-state index contributed by atoms with van der Waals surface area (Å²) in [5, 5.41) is 12.2. The molecule has 4 atom stereocenters. The van der Waals surface area contributed by atoms with Gasteiger partial charge in [0.1, 0.15) is 11.5 Å². The fourth-order valence-electron chi connectivity index (χ4n) is 5.63. The number of amides is 2. The number of hydrogen-bond donors (Lipinski definition) is 3. The highest BCUT2D eigenvalue weighted by atomic mass is 32.2. The maximum Gasteiger partial charge on any atom is 0.237 e. The van der Waals surface area contributed by atoms with Crippen LogP contribution in [0, 0.1) is 12.8 Å². The van der Waals surface area contributed by atoms with Crippen LogP contribution in [-0.4, -0.2) is 53.4 Å². The first-order chi connectivity index (χ1) is 15.6. The minimum atomic E-state index is -0.236. The summed E-state index contributed by atoms with van der Waals surface area (Å²) in [4.78, 5) is 28.2. The molecule has 0 radical (unpaired) electrons. The predicted octanol–water partition coefficient (Wildman–Crippen LogP) is 2.98. The van der Waals surface area contributed by atoms with E-state index in [4.69, 9.17) is 0 Å². The maximum atomic E-state index is 13.0. The lowest BCUT2D eigenvalue weighted by atomic mass is 9.92. The smallest absolute Gasteiger partial charge is 0.237 e. The molecule has 3 heterocycles. The number of fused-ring (bicyclic) bond motifs is 1. The summed E-state index contributed by atoms with van der Waals surface area (Å²) in [6.45, 7) is 3.69. The average molecular weight is 455 g/mol. The van der Waals surface area contributed by atoms with Crippen molar-refractivity contribution in [3.05, 3.63) is 40.8 Å². The molecule has 4 unspecified atom stereocenters. The van der Waals surface area contributed by atoms with E-state index in [0.717, 1.165) is 32.2 Å². The molecule has 2 amide bonds. The van der Waals surface area contributed by atoms with Gasteiger partial charge in [-0.05, 0) is 54.7 Å². The molecule has 32 heavy (non-hydrogen) atoms. The van der Waals surface area contributed by atoms with Crippen molar-refractivity contribution in [3.63, 3.8) is 0 Å². The molecule has 3 N–H and O–H groups in total. The lowest BCUT2D eigenvalue weighted by Gasteiger charge is -2.43. The number of benzene rings is 1. The van der Waals surface area contributed by atoms with Gasteiger partial charge in [0, 0.05) is 19.1 Å². The van der Waals surface area contributed by atoms with E-state index in [1.54, 1.807) is 11.8 Å². The van der Waals surface area contributed by atoms with Crippen LogP contribution in [0.1, 0.15) is 56.1 Å². The molecule has 0 spiro atoms. The first-order valence-electron chi connectivity index (χ1n) is 12.1. The second-order valence-electron chi connectivity index (χ2n) is 9.68. The van der Waals surface area contributed by atoms with Gasteiger partial charge in [-0.2, -0.15) is 0 Å². The number of aryl methyl sites for hydroxylation is 1. The molecule has 2 saturated heterocycles. The van der Waals surface area contributed by atoms with Gasteiger partial charge in [-0.1, -0.05) is 43.5 Å². The molecule has 1 aliphatic carbocycles. The summed E-state index contributed by atoms with van der Waals surface area (Å²) in [6.07, 6.45) is 7.60. The molecule has 1 aromatic rings. The summed E-state index contributed by atoms with van der Waals surface area (Å²) in [5.41, 5.74) is 3.63. The Morgan fingerprint density at radius 2 is 1.94 bits per heavy atom. The third-order valence-electron chi connectivity index (χ3n) is 7.45. The highest BCUT2D eigenvalue weighted by Gasteiger charge is 2.44. The first-order valence-corrected chi connectivity index (χ1v) is 13.1. The third-order valence-corrected chi connectivity index (χ3v) is 8.62. The molecule has 172 valence electrons. The topological polar surface area (TPSA) is 73.5 Å². The number of thioether (sulfide) groups is 1. The number of nitrogens with zero attached hydrogens (tertiary/aromatic N) is 1. The van der Waals surface area contributed by atoms with Crippen LogP contribution in [0.3, 0.4) is 0 Å². The zero-order valence-electron chi connectivity index (χ0n) is 18.8. The van der Waals surface area contributed by atoms with E-state index in [-0.39, 0.29) is 35.3 Å². The van der Waals surface area contributed by atoms with Gasteiger partial charge in [-0.3, -0.25) is 19.8 Å². The van der Waals surface area contributed by atoms with E-state index < -0.39 is 0 Å². The van der Waals surface area contributed by atoms with Gasteiger partial charge < -0.3 is 10.6 Å². The summed E-state index contributed by atoms with van der Waals surface area (Å²) < 4.78 is 0. The third kappa shape index (κ3) is 4.47. The zero-order valence-corrected chi connectivity index (χ0v) is 19.6. The number of hydrogen-bond acceptors (Lipinski definition) is 5. The Hall–Kier alpha value is -1.83. The quantitative estimate of drug-likeness (QED) is 0.652. The van der Waals surface area contributed by atoms with Crippen molar-refractivity contribution in [2.45, 2.75) is 75.5 Å². The number of likely N-dealkylation sites (tertiary alicyclic amines) is 1. The SMILES string of the molecule is Cc1ccccc1C1=CSC2C(=O)NC(N3CCCC(C(=O)NC4CCCCC4)C3)NC12. The van der Waals surface area contributed by atoms with Crippen LogP contribution < -0.4 is 16.0 Å². The molecule has 3 aliphatic heterocycles. The van der Waals surface area contributed by atoms with Crippen LogP contribution in [0.2, 0.25) is 0 Å². The van der Waals surface area contributed by atoms with Crippen molar-refractivity contribution in [1.82, 2.24) is 20.9 Å². The van der Waals surface area contributed by atoms with Crippen molar-refractivity contribution in [1.29, 1.82) is 0 Å². The summed E-state index contributed by atoms with van der Waals surface area (Å²) in [5.74, 6) is 0.266. The molecule has 1 aromatic carbocycles. The highest BCUT2D eigenvalue weighted by Crippen LogP contribution is 2.39. The van der Waals surface area contributed by atoms with E-state index in [9.17, 15) is 9.59 Å². The fraction of sp³-hybridized carbons (Fsp3) is 0.600. The number of carbonyl (C=O) groups is 2. The average Bonchev–Trinajstić information content (AvgIpc) is 3.24. The predicted molar refractivity (Wildman–Crippen MR) is 129 cm³/mol. The van der Waals surface area contributed by atoms with Gasteiger partial charge in [0.15, 0.2) is 0 Å². The molecule has 3 fully saturated rings. The van der Waals surface area contributed by atoms with Crippen LogP contribution in [0.15, 0.2) is 29.7 Å². The summed E-state index contributed by atoms with van der Waals surface area (Å²) >= 11 is 1.60. The van der Waals surface area contributed by atoms with Gasteiger partial charge >= 0.3 is 0 Å². The largest absolute Gasteiger partial charge is 0.353 e. The number of carbonyl (C=O) groups excluding carboxylic acids is 2. The number of piperidine rings is 1. The molecule has 1 saturated carbocycles. The fourth-order valence-corrected chi connectivity index (χ4v) is 6.77. The van der Waals surface area contributed by atoms with Crippen molar-refractivity contribution in [3.8, 4) is 0 Å². The Labute approximate surface area is 195 Å². The molecule has 5 rings (SSSR count). The van der Waals surface area contributed by atoms with E-state index in [1.807, 2.05) is 0 Å². The van der Waals surface area contributed by atoms with Crippen molar-refractivity contribution in [2.24, 2.45) is 5.92 Å². The number of rotatable bonds is 4. The first kappa shape index (κ1) is 22.0. The van der Waals surface area contributed by atoms with E-state index in [0.29, 0.717) is 12.6 Å². The Kier molecular flexibility index (Phi) is 6.58. The molecule has 6 nitrogen and oxygen atoms in total. The van der Waals surface area contributed by atoms with Crippen LogP contribution in [0.25, 0.3) is 5.57 Å². The second-order valence-corrected chi connectivity index (χ2v) is 10.7. The van der Waals surface area contributed by atoms with Gasteiger partial charge in [0.05, 0.1) is 12.0 Å². The van der Waals surface area contributed by atoms with E-state index >= 15 is 0 Å². The van der Waals surface area contributed by atoms with E-state index in [1.165, 1.54) is 36.0 Å². The summed E-state index contributed by atoms with van der Waals surface area (Å²) in [6, 6.07) is 8.69. The van der Waals surface area contributed by atoms with Crippen LogP contribution in [0.4, 0.5) is 0 Å². The Morgan fingerprint density at radius 1 is 1.12 bits per heavy atom. The summed E-state index contributed by atoms with van der Waals surface area (Å²) in [7, 11) is 0. The van der Waals surface area contributed by atoms with Gasteiger partial charge in [-0.15, -0.1) is 11.8 Å². The Balaban J connectivity index is 1.25. The van der Waals surface area contributed by atoms with Crippen molar-refractivity contribution < 1.29 is 9.59 Å². The van der Waals surface area contributed by atoms with Crippen molar-refractivity contribution in [2.75, 3.05) is 13.1 Å². The molecule has 0 bridgehead atoms. The number of nitrogens with one attached hydrogen (secondary N) is 3. The molecular formula is C25H34N4O2S. The molecule has 0 aromatic heterocycles. The monoisotopic (exact) mass is 454 g/mol. The Morgan fingerprint density at radius 3 is 2.75 bits per heavy atom. The second kappa shape index (κ2) is 9.57. The van der Waals surface area contributed by atoms with Crippen LogP contribution in [0.5, 0.6) is 0 Å². The molecule has 4 aliphatic rings. The highest BCUT2D eigenvalue weighted by molar-refractivity contribution is 8.04. The molecule has 7 heteroatoms.